The molecule has 2 amide bonds. The Hall–Kier alpha value is -5.21. The number of rotatable bonds is 12. The molecule has 3 aromatic carbocycles. The molecule has 1 saturated heterocycles. The van der Waals surface area contributed by atoms with Gasteiger partial charge in [-0.2, -0.15) is 4.98 Å². The molecule has 13 nitrogen and oxygen atoms in total. The van der Waals surface area contributed by atoms with E-state index in [1.165, 1.54) is 12.1 Å². The summed E-state index contributed by atoms with van der Waals surface area (Å²) in [5, 5.41) is 13.9. The Morgan fingerprint density at radius 1 is 0.936 bits per heavy atom. The first-order chi connectivity index (χ1) is 22.6. The highest BCUT2D eigenvalue weighted by atomic mass is 32.2. The standard InChI is InChI=1S/C33H38N8O5S/c1-35-30(42)14-11-23-9-12-25(13-10-23)32(43)36-21-24-5-3-7-27(19-24)40-15-17-41(18-16-40)31-29(46-2)22-37-33(39-31)38-26-6-4-8-28(20-26)47(34,44)45/h3-10,12-13,19-20,22H,11,14-18,21H2,1-2H3,(H,35,42)(H,36,43)(H2,34,44,45)(H,37,38,39). The number of ether oxygens (including phenoxy) is 1. The molecule has 47 heavy (non-hydrogen) atoms. The number of amides is 2. The van der Waals surface area contributed by atoms with Gasteiger partial charge in [0.05, 0.1) is 18.2 Å². The van der Waals surface area contributed by atoms with Crippen LogP contribution in [0.4, 0.5) is 23.1 Å². The van der Waals surface area contributed by atoms with Gasteiger partial charge < -0.3 is 30.5 Å². The minimum Gasteiger partial charge on any atom is -0.491 e. The second-order valence-electron chi connectivity index (χ2n) is 11.0. The van der Waals surface area contributed by atoms with Gasteiger partial charge in [-0.1, -0.05) is 30.3 Å². The van der Waals surface area contributed by atoms with Gasteiger partial charge in [0.25, 0.3) is 5.91 Å². The largest absolute Gasteiger partial charge is 0.491 e. The highest BCUT2D eigenvalue weighted by Gasteiger charge is 2.22. The third-order valence-corrected chi connectivity index (χ3v) is 8.73. The molecule has 0 aliphatic carbocycles. The number of sulfonamides is 1. The minimum atomic E-state index is -3.85. The Kier molecular flexibility index (Phi) is 10.5. The van der Waals surface area contributed by atoms with Crippen LogP contribution >= 0.6 is 0 Å². The van der Waals surface area contributed by atoms with Crippen molar-refractivity contribution in [1.82, 2.24) is 20.6 Å². The number of nitrogens with zero attached hydrogens (tertiary/aromatic N) is 4. The van der Waals surface area contributed by atoms with Crippen molar-refractivity contribution >= 4 is 45.0 Å². The fourth-order valence-electron chi connectivity index (χ4n) is 5.20. The van der Waals surface area contributed by atoms with E-state index in [9.17, 15) is 18.0 Å². The highest BCUT2D eigenvalue weighted by molar-refractivity contribution is 7.89. The first-order valence-corrected chi connectivity index (χ1v) is 16.6. The SMILES string of the molecule is CNC(=O)CCc1ccc(C(=O)NCc2cccc(N3CCN(c4nc(Nc5cccc(S(N)(=O)=O)c5)ncc4OC)CC3)c2)cc1. The first-order valence-electron chi connectivity index (χ1n) is 15.1. The van der Waals surface area contributed by atoms with Crippen LogP contribution < -0.4 is 35.6 Å². The van der Waals surface area contributed by atoms with E-state index in [1.54, 1.807) is 44.6 Å². The van der Waals surface area contributed by atoms with Crippen molar-refractivity contribution in [3.63, 3.8) is 0 Å². The van der Waals surface area contributed by atoms with Crippen LogP contribution in [0.3, 0.4) is 0 Å². The average Bonchev–Trinajstić information content (AvgIpc) is 3.09. The molecule has 0 spiro atoms. The van der Waals surface area contributed by atoms with Crippen molar-refractivity contribution in [2.45, 2.75) is 24.3 Å². The van der Waals surface area contributed by atoms with Gasteiger partial charge in [-0.05, 0) is 60.0 Å². The number of hydrogen-bond acceptors (Lipinski definition) is 10. The number of benzene rings is 3. The van der Waals surface area contributed by atoms with Crippen LogP contribution in [0.1, 0.15) is 27.9 Å². The zero-order valence-electron chi connectivity index (χ0n) is 26.3. The Morgan fingerprint density at radius 3 is 2.36 bits per heavy atom. The molecule has 2 heterocycles. The monoisotopic (exact) mass is 658 g/mol. The van der Waals surface area contributed by atoms with Crippen molar-refractivity contribution in [2.24, 2.45) is 5.14 Å². The number of nitrogens with one attached hydrogen (secondary N) is 3. The summed E-state index contributed by atoms with van der Waals surface area (Å²) in [7, 11) is -0.668. The molecular formula is C33H38N8O5S. The van der Waals surface area contributed by atoms with E-state index in [0.717, 1.165) is 29.9 Å². The average molecular weight is 659 g/mol. The van der Waals surface area contributed by atoms with Crippen LogP contribution in [0, 0.1) is 0 Å². The molecule has 1 aliphatic rings. The van der Waals surface area contributed by atoms with Crippen molar-refractivity contribution in [3.8, 4) is 5.75 Å². The van der Waals surface area contributed by atoms with Gasteiger partial charge in [-0.15, -0.1) is 0 Å². The lowest BCUT2D eigenvalue weighted by Gasteiger charge is -2.37. The molecule has 246 valence electrons. The molecule has 0 saturated carbocycles. The molecule has 1 aliphatic heterocycles. The van der Waals surface area contributed by atoms with E-state index in [2.05, 4.69) is 47.9 Å². The summed E-state index contributed by atoms with van der Waals surface area (Å²) in [5.41, 5.74) is 4.10. The molecular weight excluding hydrogens is 620 g/mol. The lowest BCUT2D eigenvalue weighted by Crippen LogP contribution is -2.47. The summed E-state index contributed by atoms with van der Waals surface area (Å²) in [6.07, 6.45) is 2.61. The number of hydrogen-bond donors (Lipinski definition) is 4. The van der Waals surface area contributed by atoms with Gasteiger partial charge in [0, 0.05) is 63.1 Å². The predicted molar refractivity (Wildman–Crippen MR) is 181 cm³/mol. The van der Waals surface area contributed by atoms with Crippen LogP contribution in [0.15, 0.2) is 83.9 Å². The lowest BCUT2D eigenvalue weighted by molar-refractivity contribution is -0.120. The number of carbonyl (C=O) groups is 2. The van der Waals surface area contributed by atoms with Gasteiger partial charge in [0.2, 0.25) is 21.9 Å². The maximum absolute atomic E-state index is 12.8. The summed E-state index contributed by atoms with van der Waals surface area (Å²) >= 11 is 0. The van der Waals surface area contributed by atoms with Crippen molar-refractivity contribution in [1.29, 1.82) is 0 Å². The Morgan fingerprint density at radius 2 is 1.66 bits per heavy atom. The summed E-state index contributed by atoms with van der Waals surface area (Å²) in [6, 6.07) is 21.6. The predicted octanol–water partition coefficient (Wildman–Crippen LogP) is 2.81. The molecule has 0 unspecified atom stereocenters. The number of aryl methyl sites for hydroxylation is 1. The Bertz CT molecular complexity index is 1830. The quantitative estimate of drug-likeness (QED) is 0.177. The van der Waals surface area contributed by atoms with E-state index < -0.39 is 10.0 Å². The molecule has 0 radical (unpaired) electrons. The van der Waals surface area contributed by atoms with Crippen molar-refractivity contribution in [2.75, 3.05) is 55.5 Å². The van der Waals surface area contributed by atoms with Crippen molar-refractivity contribution < 1.29 is 22.7 Å². The highest BCUT2D eigenvalue weighted by Crippen LogP contribution is 2.29. The van der Waals surface area contributed by atoms with Crippen LogP contribution in [0.5, 0.6) is 5.75 Å². The van der Waals surface area contributed by atoms with Gasteiger partial charge in [-0.25, -0.2) is 18.5 Å². The third kappa shape index (κ3) is 8.74. The van der Waals surface area contributed by atoms with Crippen LogP contribution in [0.2, 0.25) is 0 Å². The van der Waals surface area contributed by atoms with Crippen LogP contribution in [-0.4, -0.2) is 70.5 Å². The number of aromatic nitrogens is 2. The van der Waals surface area contributed by atoms with E-state index in [4.69, 9.17) is 9.88 Å². The summed E-state index contributed by atoms with van der Waals surface area (Å²) in [4.78, 5) is 37.7. The second kappa shape index (κ2) is 14.9. The zero-order valence-corrected chi connectivity index (χ0v) is 27.1. The van der Waals surface area contributed by atoms with Gasteiger partial charge in [0.1, 0.15) is 0 Å². The number of primary sulfonamides is 1. The molecule has 5 N–H and O–H groups in total. The van der Waals surface area contributed by atoms with Crippen LogP contribution in [0.25, 0.3) is 0 Å². The molecule has 5 rings (SSSR count). The van der Waals surface area contributed by atoms with Gasteiger partial charge in [-0.3, -0.25) is 9.59 Å². The first kappa shape index (κ1) is 33.2. The van der Waals surface area contributed by atoms with E-state index in [1.807, 2.05) is 24.3 Å². The summed E-state index contributed by atoms with van der Waals surface area (Å²) < 4.78 is 29.1. The molecule has 4 aromatic rings. The number of anilines is 4. The Balaban J connectivity index is 1.17. The maximum Gasteiger partial charge on any atom is 0.251 e. The number of methoxy groups -OCH3 is 1. The smallest absolute Gasteiger partial charge is 0.251 e. The minimum absolute atomic E-state index is 0.0136. The number of piperazine rings is 1. The van der Waals surface area contributed by atoms with Gasteiger partial charge in [0.15, 0.2) is 11.6 Å². The molecule has 0 atom stereocenters. The molecule has 1 fully saturated rings. The number of carbonyl (C=O) groups excluding carboxylic acids is 2. The maximum atomic E-state index is 12.8. The van der Waals surface area contributed by atoms with E-state index in [0.29, 0.717) is 61.2 Å². The number of nitrogens with two attached hydrogens (primary N) is 1. The Labute approximate surface area is 274 Å². The lowest BCUT2D eigenvalue weighted by atomic mass is 10.1. The van der Waals surface area contributed by atoms with E-state index in [-0.39, 0.29) is 16.7 Å². The zero-order chi connectivity index (χ0) is 33.4. The molecule has 1 aromatic heterocycles. The fourth-order valence-corrected chi connectivity index (χ4v) is 5.76. The topological polar surface area (TPSA) is 172 Å². The van der Waals surface area contributed by atoms with Crippen molar-refractivity contribution in [3.05, 3.63) is 95.7 Å². The van der Waals surface area contributed by atoms with Gasteiger partial charge >= 0.3 is 0 Å². The summed E-state index contributed by atoms with van der Waals surface area (Å²) in [5.74, 6) is 1.27. The normalized spacial score (nSPS) is 13.2. The molecule has 0 bridgehead atoms. The third-order valence-electron chi connectivity index (χ3n) is 7.82. The van der Waals surface area contributed by atoms with Crippen LogP contribution in [-0.2, 0) is 27.8 Å². The second-order valence-corrected chi connectivity index (χ2v) is 12.5. The summed E-state index contributed by atoms with van der Waals surface area (Å²) in [6.45, 7) is 3.20. The fraction of sp³-hybridized carbons (Fsp3) is 0.273. The molecule has 14 heteroatoms. The van der Waals surface area contributed by atoms with E-state index >= 15 is 0 Å².